The van der Waals surface area contributed by atoms with Gasteiger partial charge >= 0.3 is 0 Å². The third-order valence-electron chi connectivity index (χ3n) is 8.73. The zero-order valence-electron chi connectivity index (χ0n) is 25.6. The monoisotopic (exact) mass is 578 g/mol. The Morgan fingerprint density at radius 1 is 1.21 bits per heavy atom. The maximum absolute atomic E-state index is 14.4. The molecular formula is C33H43FN4O4. The number of rotatable bonds is 8. The van der Waals surface area contributed by atoms with Crippen molar-refractivity contribution in [2.45, 2.75) is 97.9 Å². The molecule has 4 rings (SSSR count). The van der Waals surface area contributed by atoms with E-state index in [1.54, 1.807) is 49.1 Å². The highest BCUT2D eigenvalue weighted by molar-refractivity contribution is 5.98. The number of aryl methyl sites for hydroxylation is 2. The van der Waals surface area contributed by atoms with Crippen LogP contribution in [-0.2, 0) is 11.2 Å². The van der Waals surface area contributed by atoms with E-state index in [9.17, 15) is 23.9 Å². The van der Waals surface area contributed by atoms with Crippen LogP contribution in [0.2, 0.25) is 0 Å². The molecule has 42 heavy (non-hydrogen) atoms. The van der Waals surface area contributed by atoms with Crippen LogP contribution in [0.5, 0.6) is 0 Å². The second-order valence-corrected chi connectivity index (χ2v) is 13.0. The number of aromatic nitrogens is 2. The standard InChI is InChI=1S/C33H43FN4O4/c1-19(2)28(31(41)38-26(32(5,6)42)12-13-27(38)33(7)14-8-9-25(34)18-33)35-29(39)23-11-10-22(20(3)15-23)17-24-16-21(4)36-37-30(24)40/h8-11,15-16,18-19,26-28,42H,12-14,17H2,1-7H3,(H,35,39)(H,37,40)/t26-,27+,28-,33?/m1/s1. The van der Waals surface area contributed by atoms with Crippen LogP contribution in [0.3, 0.4) is 0 Å². The molecular weight excluding hydrogens is 535 g/mol. The molecule has 1 aromatic heterocycles. The Balaban J connectivity index is 1.59. The van der Waals surface area contributed by atoms with Gasteiger partial charge in [-0.3, -0.25) is 14.4 Å². The van der Waals surface area contributed by atoms with Crippen molar-refractivity contribution >= 4 is 11.8 Å². The molecule has 4 atom stereocenters. The van der Waals surface area contributed by atoms with E-state index < -0.39 is 23.1 Å². The minimum atomic E-state index is -1.18. The van der Waals surface area contributed by atoms with Crippen molar-refractivity contribution in [2.24, 2.45) is 11.3 Å². The molecule has 1 unspecified atom stereocenters. The highest BCUT2D eigenvalue weighted by atomic mass is 19.1. The number of halogens is 1. The molecule has 2 aliphatic rings. The Morgan fingerprint density at radius 3 is 2.55 bits per heavy atom. The molecule has 0 spiro atoms. The molecule has 2 aromatic rings. The summed E-state index contributed by atoms with van der Waals surface area (Å²) in [6.45, 7) is 12.8. The Bertz CT molecular complexity index is 1470. The molecule has 8 nitrogen and oxygen atoms in total. The number of aliphatic hydroxyl groups is 1. The number of likely N-dealkylation sites (tertiary alicyclic amines) is 1. The van der Waals surface area contributed by atoms with E-state index in [-0.39, 0.29) is 35.2 Å². The van der Waals surface area contributed by atoms with Gasteiger partial charge in [0.1, 0.15) is 11.9 Å². The van der Waals surface area contributed by atoms with E-state index in [1.165, 1.54) is 6.08 Å². The van der Waals surface area contributed by atoms with Gasteiger partial charge in [0, 0.05) is 29.0 Å². The first-order valence-corrected chi connectivity index (χ1v) is 14.7. The maximum atomic E-state index is 14.4. The van der Waals surface area contributed by atoms with Crippen LogP contribution in [0.4, 0.5) is 4.39 Å². The van der Waals surface area contributed by atoms with Gasteiger partial charge in [-0.2, -0.15) is 5.10 Å². The first kappa shape index (κ1) is 31.3. The lowest BCUT2D eigenvalue weighted by Gasteiger charge is -2.45. The average molecular weight is 579 g/mol. The van der Waals surface area contributed by atoms with E-state index in [0.29, 0.717) is 42.5 Å². The van der Waals surface area contributed by atoms with Gasteiger partial charge in [-0.05, 0) is 94.4 Å². The van der Waals surface area contributed by atoms with Crippen LogP contribution in [0.15, 0.2) is 53.1 Å². The maximum Gasteiger partial charge on any atom is 0.267 e. The molecule has 1 aliphatic heterocycles. The molecule has 9 heteroatoms. The highest BCUT2D eigenvalue weighted by Gasteiger charge is 2.51. The van der Waals surface area contributed by atoms with E-state index in [2.05, 4.69) is 15.5 Å². The van der Waals surface area contributed by atoms with Gasteiger partial charge in [0.25, 0.3) is 11.5 Å². The Kier molecular flexibility index (Phi) is 8.92. The molecule has 0 radical (unpaired) electrons. The number of H-pyrrole nitrogens is 1. The van der Waals surface area contributed by atoms with Gasteiger partial charge in [0.15, 0.2) is 0 Å². The molecule has 2 heterocycles. The van der Waals surface area contributed by atoms with E-state index in [4.69, 9.17) is 0 Å². The Morgan fingerprint density at radius 2 is 1.93 bits per heavy atom. The second-order valence-electron chi connectivity index (χ2n) is 13.0. The first-order valence-electron chi connectivity index (χ1n) is 14.7. The van der Waals surface area contributed by atoms with Crippen molar-refractivity contribution in [1.29, 1.82) is 0 Å². The molecule has 1 fully saturated rings. The van der Waals surface area contributed by atoms with E-state index >= 15 is 0 Å². The van der Waals surface area contributed by atoms with Gasteiger partial charge in [-0.25, -0.2) is 9.49 Å². The van der Waals surface area contributed by atoms with Crippen molar-refractivity contribution in [3.63, 3.8) is 0 Å². The summed E-state index contributed by atoms with van der Waals surface area (Å²) < 4.78 is 14.4. The number of amides is 2. The summed E-state index contributed by atoms with van der Waals surface area (Å²) in [5, 5.41) is 20.4. The number of allylic oxidation sites excluding steroid dienone is 3. The summed E-state index contributed by atoms with van der Waals surface area (Å²) in [5.74, 6) is -1.24. The SMILES string of the molecule is Cc1cc(Cc2ccc(C(=O)N[C@@H](C(=O)N3[C@H](C4(C)C=C(F)C=CC4)CC[C@@H]3C(C)(C)O)C(C)C)cc2C)c(=O)[nH]n1. The summed E-state index contributed by atoms with van der Waals surface area (Å²) in [7, 11) is 0. The van der Waals surface area contributed by atoms with Gasteiger partial charge in [0.2, 0.25) is 5.91 Å². The number of hydrogen-bond acceptors (Lipinski definition) is 5. The smallest absolute Gasteiger partial charge is 0.267 e. The van der Waals surface area contributed by atoms with Crippen molar-refractivity contribution < 1.29 is 19.1 Å². The van der Waals surface area contributed by atoms with Crippen molar-refractivity contribution in [2.75, 3.05) is 0 Å². The number of benzene rings is 1. The molecule has 2 amide bonds. The molecule has 0 bridgehead atoms. The molecule has 0 saturated carbocycles. The highest BCUT2D eigenvalue weighted by Crippen LogP contribution is 2.45. The molecule has 1 aliphatic carbocycles. The number of carbonyl (C=O) groups excluding carboxylic acids is 2. The molecule has 1 aromatic carbocycles. The topological polar surface area (TPSA) is 115 Å². The average Bonchev–Trinajstić information content (AvgIpc) is 3.37. The van der Waals surface area contributed by atoms with Crippen LogP contribution in [0.25, 0.3) is 0 Å². The first-order chi connectivity index (χ1) is 19.6. The predicted molar refractivity (Wildman–Crippen MR) is 161 cm³/mol. The van der Waals surface area contributed by atoms with Crippen LogP contribution in [0, 0.1) is 25.2 Å². The van der Waals surface area contributed by atoms with E-state index in [1.807, 2.05) is 40.7 Å². The van der Waals surface area contributed by atoms with Crippen LogP contribution in [0.1, 0.15) is 86.6 Å². The van der Waals surface area contributed by atoms with Gasteiger partial charge in [-0.1, -0.05) is 32.9 Å². The number of nitrogens with zero attached hydrogens (tertiary/aromatic N) is 2. The molecule has 3 N–H and O–H groups in total. The summed E-state index contributed by atoms with van der Waals surface area (Å²) in [5.41, 5.74) is 1.39. The number of aromatic amines is 1. The van der Waals surface area contributed by atoms with Gasteiger partial charge in [0.05, 0.1) is 17.3 Å². The summed E-state index contributed by atoms with van der Waals surface area (Å²) in [4.78, 5) is 41.7. The van der Waals surface area contributed by atoms with Gasteiger partial charge < -0.3 is 15.3 Å². The Hall–Kier alpha value is -3.59. The summed E-state index contributed by atoms with van der Waals surface area (Å²) >= 11 is 0. The Labute approximate surface area is 247 Å². The van der Waals surface area contributed by atoms with Crippen molar-refractivity contribution in [1.82, 2.24) is 20.4 Å². The van der Waals surface area contributed by atoms with E-state index in [0.717, 1.165) is 11.1 Å². The number of carbonyl (C=O) groups is 2. The molecule has 226 valence electrons. The fraction of sp³-hybridized carbons (Fsp3) is 0.515. The summed E-state index contributed by atoms with van der Waals surface area (Å²) in [6.07, 6.45) is 6.98. The molecule has 1 saturated heterocycles. The normalized spacial score (nSPS) is 23.2. The zero-order chi connectivity index (χ0) is 31.0. The van der Waals surface area contributed by atoms with Gasteiger partial charge in [-0.15, -0.1) is 0 Å². The largest absolute Gasteiger partial charge is 0.388 e. The van der Waals surface area contributed by atoms with Crippen molar-refractivity contribution in [3.8, 4) is 0 Å². The van der Waals surface area contributed by atoms with Crippen LogP contribution < -0.4 is 10.9 Å². The fourth-order valence-corrected chi connectivity index (χ4v) is 6.37. The lowest BCUT2D eigenvalue weighted by molar-refractivity contribution is -0.144. The van der Waals surface area contributed by atoms with Crippen LogP contribution in [-0.4, -0.2) is 55.7 Å². The fourth-order valence-electron chi connectivity index (χ4n) is 6.37. The minimum Gasteiger partial charge on any atom is -0.388 e. The summed E-state index contributed by atoms with van der Waals surface area (Å²) in [6, 6.07) is 5.37. The number of hydrogen-bond donors (Lipinski definition) is 3. The quantitative estimate of drug-likeness (QED) is 0.421. The second kappa shape index (κ2) is 12.0. The van der Waals surface area contributed by atoms with Crippen molar-refractivity contribution in [3.05, 3.63) is 86.6 Å². The lowest BCUT2D eigenvalue weighted by atomic mass is 9.75. The lowest BCUT2D eigenvalue weighted by Crippen LogP contribution is -2.60. The number of nitrogens with one attached hydrogen (secondary N) is 2. The zero-order valence-corrected chi connectivity index (χ0v) is 25.6. The van der Waals surface area contributed by atoms with Crippen LogP contribution >= 0.6 is 0 Å². The third kappa shape index (κ3) is 6.56. The minimum absolute atomic E-state index is 0.237. The third-order valence-corrected chi connectivity index (χ3v) is 8.73. The predicted octanol–water partition coefficient (Wildman–Crippen LogP) is 4.68.